The van der Waals surface area contributed by atoms with Crippen LogP contribution in [0.4, 0.5) is 0 Å². The number of likely N-dealkylation sites (tertiary alicyclic amines) is 2. The minimum Gasteiger partial charge on any atom is -0.378 e. The molecule has 132 valence electrons. The van der Waals surface area contributed by atoms with E-state index in [0.717, 1.165) is 32.5 Å². The smallest absolute Gasteiger partial charge is 0.222 e. The maximum Gasteiger partial charge on any atom is 0.222 e. The van der Waals surface area contributed by atoms with Crippen LogP contribution in [-0.4, -0.2) is 59.6 Å². The normalized spacial score (nSPS) is 25.8. The molecule has 0 radical (unpaired) electrons. The van der Waals surface area contributed by atoms with E-state index < -0.39 is 0 Å². The molecule has 0 spiro atoms. The predicted molar refractivity (Wildman–Crippen MR) is 93.5 cm³/mol. The second kappa shape index (κ2) is 7.62. The number of carbonyl (C=O) groups is 1. The van der Waals surface area contributed by atoms with Gasteiger partial charge in [-0.3, -0.25) is 14.7 Å². The number of nitrogens with zero attached hydrogens (tertiary/aromatic N) is 3. The van der Waals surface area contributed by atoms with Gasteiger partial charge in [0, 0.05) is 51.6 Å². The van der Waals surface area contributed by atoms with Crippen LogP contribution in [0.3, 0.4) is 0 Å². The third-order valence-electron chi connectivity index (χ3n) is 5.32. The van der Waals surface area contributed by atoms with Crippen LogP contribution in [-0.2, 0) is 9.53 Å². The van der Waals surface area contributed by atoms with Crippen LogP contribution in [0, 0.1) is 5.92 Å². The number of hydrogen-bond donors (Lipinski definition) is 0. The number of hydrogen-bond acceptors (Lipinski definition) is 4. The molecule has 2 aliphatic heterocycles. The van der Waals surface area contributed by atoms with Gasteiger partial charge < -0.3 is 9.64 Å². The average Bonchev–Trinajstić information content (AvgIpc) is 2.55. The molecule has 0 N–H and O–H groups in total. The first-order valence-corrected chi connectivity index (χ1v) is 9.06. The van der Waals surface area contributed by atoms with Crippen molar-refractivity contribution in [3.63, 3.8) is 0 Å². The third kappa shape index (κ3) is 3.62. The fourth-order valence-corrected chi connectivity index (χ4v) is 3.97. The summed E-state index contributed by atoms with van der Waals surface area (Å²) in [5.41, 5.74) is 1.28. The van der Waals surface area contributed by atoms with Crippen molar-refractivity contribution < 1.29 is 9.53 Å². The Labute approximate surface area is 145 Å². The molecule has 2 atom stereocenters. The zero-order chi connectivity index (χ0) is 17.1. The number of ether oxygens (including phenoxy) is 1. The lowest BCUT2D eigenvalue weighted by atomic mass is 9.87. The Balaban J connectivity index is 1.59. The summed E-state index contributed by atoms with van der Waals surface area (Å²) in [7, 11) is 1.80. The first-order chi connectivity index (χ1) is 11.6. The summed E-state index contributed by atoms with van der Waals surface area (Å²) in [5.74, 6) is 0.747. The summed E-state index contributed by atoms with van der Waals surface area (Å²) in [6.45, 7) is 6.96. The molecule has 5 heteroatoms. The van der Waals surface area contributed by atoms with E-state index in [9.17, 15) is 4.79 Å². The summed E-state index contributed by atoms with van der Waals surface area (Å²) in [5, 5.41) is 0. The fraction of sp³-hybridized carbons (Fsp3) is 0.684. The molecule has 2 fully saturated rings. The molecule has 3 rings (SSSR count). The zero-order valence-corrected chi connectivity index (χ0v) is 15.0. The second-order valence-electron chi connectivity index (χ2n) is 7.41. The van der Waals surface area contributed by atoms with Crippen molar-refractivity contribution >= 4 is 5.91 Å². The lowest BCUT2D eigenvalue weighted by Gasteiger charge is -2.53. The molecule has 0 bridgehead atoms. The average molecular weight is 331 g/mol. The van der Waals surface area contributed by atoms with Gasteiger partial charge in [-0.25, -0.2) is 0 Å². The standard InChI is InChI=1S/C19H29N3O2/c1-14(2)12-18(23)21-10-6-16(7-11-21)22-13-17(24-3)19(22)15-4-8-20-9-5-15/h4-5,8-9,14,16-17,19H,6-7,10-13H2,1-3H3/t17-,19-/m0/s1. The molecule has 1 aromatic rings. The maximum atomic E-state index is 12.2. The van der Waals surface area contributed by atoms with Gasteiger partial charge in [0.1, 0.15) is 0 Å². The van der Waals surface area contributed by atoms with Crippen LogP contribution >= 0.6 is 0 Å². The van der Waals surface area contributed by atoms with Crippen LogP contribution in [0.25, 0.3) is 0 Å². The molecule has 24 heavy (non-hydrogen) atoms. The molecular weight excluding hydrogens is 302 g/mol. The van der Waals surface area contributed by atoms with Crippen LogP contribution < -0.4 is 0 Å². The van der Waals surface area contributed by atoms with Crippen LogP contribution in [0.1, 0.15) is 44.7 Å². The van der Waals surface area contributed by atoms with Gasteiger partial charge in [0.15, 0.2) is 0 Å². The van der Waals surface area contributed by atoms with Gasteiger partial charge in [-0.1, -0.05) is 13.8 Å². The molecule has 0 unspecified atom stereocenters. The van der Waals surface area contributed by atoms with Gasteiger partial charge >= 0.3 is 0 Å². The molecule has 0 aromatic carbocycles. The first kappa shape index (κ1) is 17.4. The molecule has 0 aliphatic carbocycles. The van der Waals surface area contributed by atoms with Gasteiger partial charge in [0.05, 0.1) is 12.1 Å². The van der Waals surface area contributed by atoms with Crippen molar-refractivity contribution in [2.75, 3.05) is 26.7 Å². The number of pyridine rings is 1. The van der Waals surface area contributed by atoms with Gasteiger partial charge in [-0.2, -0.15) is 0 Å². The van der Waals surface area contributed by atoms with Crippen molar-refractivity contribution in [2.24, 2.45) is 5.92 Å². The highest BCUT2D eigenvalue weighted by molar-refractivity contribution is 5.76. The van der Waals surface area contributed by atoms with E-state index in [1.807, 2.05) is 17.3 Å². The number of carbonyl (C=O) groups excluding carboxylic acids is 1. The molecule has 3 heterocycles. The van der Waals surface area contributed by atoms with Crippen LogP contribution in [0.5, 0.6) is 0 Å². The summed E-state index contributed by atoms with van der Waals surface area (Å²) < 4.78 is 5.65. The lowest BCUT2D eigenvalue weighted by molar-refractivity contribution is -0.138. The van der Waals surface area contributed by atoms with E-state index in [2.05, 4.69) is 35.9 Å². The van der Waals surface area contributed by atoms with Gasteiger partial charge in [-0.05, 0) is 36.5 Å². The van der Waals surface area contributed by atoms with Gasteiger partial charge in [-0.15, -0.1) is 0 Å². The zero-order valence-electron chi connectivity index (χ0n) is 15.0. The summed E-state index contributed by atoms with van der Waals surface area (Å²) in [6, 6.07) is 5.03. The summed E-state index contributed by atoms with van der Waals surface area (Å²) >= 11 is 0. The third-order valence-corrected chi connectivity index (χ3v) is 5.32. The first-order valence-electron chi connectivity index (χ1n) is 9.06. The van der Waals surface area contributed by atoms with E-state index in [0.29, 0.717) is 30.3 Å². The van der Waals surface area contributed by atoms with Crippen LogP contribution in [0.2, 0.25) is 0 Å². The number of rotatable bonds is 5. The highest BCUT2D eigenvalue weighted by atomic mass is 16.5. The minimum absolute atomic E-state index is 0.257. The molecular formula is C19H29N3O2. The Morgan fingerprint density at radius 3 is 2.54 bits per heavy atom. The number of aromatic nitrogens is 1. The molecule has 2 saturated heterocycles. The quantitative estimate of drug-likeness (QED) is 0.832. The van der Waals surface area contributed by atoms with Crippen molar-refractivity contribution in [1.29, 1.82) is 0 Å². The maximum absolute atomic E-state index is 12.2. The molecule has 0 saturated carbocycles. The van der Waals surface area contributed by atoms with E-state index in [4.69, 9.17) is 4.74 Å². The van der Waals surface area contributed by atoms with Crippen molar-refractivity contribution in [2.45, 2.75) is 51.3 Å². The SMILES string of the molecule is CO[C@H]1CN(C2CCN(C(=O)CC(C)C)CC2)[C@H]1c1ccncc1. The molecule has 1 amide bonds. The predicted octanol–water partition coefficient (Wildman–Crippen LogP) is 2.49. The molecule has 1 aromatic heterocycles. The number of methoxy groups -OCH3 is 1. The lowest BCUT2D eigenvalue weighted by Crippen LogP contribution is -2.60. The van der Waals surface area contributed by atoms with E-state index in [1.165, 1.54) is 5.56 Å². The summed E-state index contributed by atoms with van der Waals surface area (Å²) in [6.07, 6.45) is 6.74. The van der Waals surface area contributed by atoms with Crippen molar-refractivity contribution in [3.8, 4) is 0 Å². The van der Waals surface area contributed by atoms with Crippen LogP contribution in [0.15, 0.2) is 24.5 Å². The Morgan fingerprint density at radius 2 is 1.96 bits per heavy atom. The highest BCUT2D eigenvalue weighted by Crippen LogP contribution is 2.39. The Bertz CT molecular complexity index is 541. The Hall–Kier alpha value is -1.46. The Kier molecular flexibility index (Phi) is 5.51. The van der Waals surface area contributed by atoms with Crippen molar-refractivity contribution in [3.05, 3.63) is 30.1 Å². The van der Waals surface area contributed by atoms with E-state index in [-0.39, 0.29) is 6.10 Å². The van der Waals surface area contributed by atoms with Gasteiger partial charge in [0.25, 0.3) is 0 Å². The van der Waals surface area contributed by atoms with E-state index in [1.54, 1.807) is 7.11 Å². The minimum atomic E-state index is 0.257. The largest absolute Gasteiger partial charge is 0.378 e. The summed E-state index contributed by atoms with van der Waals surface area (Å²) in [4.78, 5) is 21.0. The number of amides is 1. The molecule has 2 aliphatic rings. The second-order valence-corrected chi connectivity index (χ2v) is 7.41. The highest BCUT2D eigenvalue weighted by Gasteiger charge is 2.44. The van der Waals surface area contributed by atoms with Gasteiger partial charge in [0.2, 0.25) is 5.91 Å². The monoisotopic (exact) mass is 331 g/mol. The fourth-order valence-electron chi connectivity index (χ4n) is 3.97. The van der Waals surface area contributed by atoms with E-state index >= 15 is 0 Å². The Morgan fingerprint density at radius 1 is 1.29 bits per heavy atom. The van der Waals surface area contributed by atoms with Crippen molar-refractivity contribution in [1.82, 2.24) is 14.8 Å². The number of piperidine rings is 1. The topological polar surface area (TPSA) is 45.7 Å². The molecule has 5 nitrogen and oxygen atoms in total.